The van der Waals surface area contributed by atoms with Crippen molar-refractivity contribution in [1.82, 2.24) is 15.0 Å². The topological polar surface area (TPSA) is 96.7 Å². The zero-order valence-corrected chi connectivity index (χ0v) is 18.0. The summed E-state index contributed by atoms with van der Waals surface area (Å²) in [6, 6.07) is 13.2. The van der Waals surface area contributed by atoms with Crippen molar-refractivity contribution in [2.45, 2.75) is 50.6 Å². The van der Waals surface area contributed by atoms with Crippen LogP contribution in [-0.4, -0.2) is 32.8 Å². The van der Waals surface area contributed by atoms with Crippen LogP contribution in [-0.2, 0) is 0 Å². The van der Waals surface area contributed by atoms with Gasteiger partial charge in [-0.1, -0.05) is 12.1 Å². The van der Waals surface area contributed by atoms with Gasteiger partial charge in [0.1, 0.15) is 0 Å². The number of aromatic amines is 1. The number of hydrogen-bond acceptors (Lipinski definition) is 5. The van der Waals surface area contributed by atoms with E-state index in [-0.39, 0.29) is 11.7 Å². The second kappa shape index (κ2) is 7.71. The summed E-state index contributed by atoms with van der Waals surface area (Å²) in [5.74, 6) is 0.373. The highest BCUT2D eigenvalue weighted by molar-refractivity contribution is 6.10. The lowest BCUT2D eigenvalue weighted by Crippen LogP contribution is -2.33. The van der Waals surface area contributed by atoms with Crippen LogP contribution in [0.5, 0.6) is 0 Å². The van der Waals surface area contributed by atoms with E-state index in [1.165, 1.54) is 0 Å². The molecule has 0 radical (unpaired) electrons. The maximum atomic E-state index is 13.1. The Morgan fingerprint density at radius 1 is 0.938 bits per heavy atom. The number of nitrogens with one attached hydrogen (secondary N) is 2. The van der Waals surface area contributed by atoms with Crippen LogP contribution in [0, 0.1) is 5.92 Å². The van der Waals surface area contributed by atoms with E-state index in [0.717, 1.165) is 82.8 Å². The molecule has 162 valence electrons. The first kappa shape index (κ1) is 19.4. The number of Topliss-reactive ketones (excluding diaryl/α,β-unsaturated/α-hetero) is 1. The minimum atomic E-state index is 0.153. The third-order valence-corrected chi connectivity index (χ3v) is 6.96. The summed E-state index contributed by atoms with van der Waals surface area (Å²) in [6.07, 6.45) is 9.54. The summed E-state index contributed by atoms with van der Waals surface area (Å²) in [6.45, 7) is 0. The number of nitrogens with two attached hydrogens (primary N) is 1. The summed E-state index contributed by atoms with van der Waals surface area (Å²) >= 11 is 0. The van der Waals surface area contributed by atoms with E-state index in [2.05, 4.69) is 50.6 Å². The fourth-order valence-corrected chi connectivity index (χ4v) is 4.86. The van der Waals surface area contributed by atoms with Gasteiger partial charge in [0.05, 0.1) is 34.1 Å². The van der Waals surface area contributed by atoms with Crippen LogP contribution in [0.25, 0.3) is 33.1 Å². The zero-order valence-electron chi connectivity index (χ0n) is 18.0. The van der Waals surface area contributed by atoms with Gasteiger partial charge in [0.25, 0.3) is 0 Å². The van der Waals surface area contributed by atoms with Gasteiger partial charge in [-0.2, -0.15) is 0 Å². The predicted octanol–water partition coefficient (Wildman–Crippen LogP) is 5.05. The number of benzene rings is 2. The van der Waals surface area contributed by atoms with Gasteiger partial charge in [-0.15, -0.1) is 0 Å². The number of aromatic nitrogens is 3. The number of pyridine rings is 1. The van der Waals surface area contributed by atoms with Crippen molar-refractivity contribution in [2.75, 3.05) is 5.32 Å². The van der Waals surface area contributed by atoms with Gasteiger partial charge in [-0.3, -0.25) is 9.78 Å². The van der Waals surface area contributed by atoms with E-state index in [1.54, 1.807) is 12.5 Å². The summed E-state index contributed by atoms with van der Waals surface area (Å²) in [5, 5.41) is 4.75. The summed E-state index contributed by atoms with van der Waals surface area (Å²) < 4.78 is 0. The van der Waals surface area contributed by atoms with E-state index < -0.39 is 0 Å². The molecular formula is C26H27N5O. The number of carbonyl (C=O) groups excluding carboxylic acids is 1. The number of carbonyl (C=O) groups is 1. The number of fused-ring (bicyclic) bond motifs is 2. The molecule has 6 heteroatoms. The standard InChI is InChI=1S/C26H27N5O/c27-18-5-7-19(8-6-18)31-25-20-11-16(17-4-10-23-24(12-17)30-14-29-23)3-9-22(20)28-13-21(25)26(32)15-1-2-15/h3-4,9-15,18-19H,1-2,5-8,27H2,(H,28,31)(H,29,30)/t18-,19-. The third kappa shape index (κ3) is 3.54. The average molecular weight is 426 g/mol. The highest BCUT2D eigenvalue weighted by atomic mass is 16.1. The molecule has 2 aromatic heterocycles. The molecule has 0 unspecified atom stereocenters. The van der Waals surface area contributed by atoms with E-state index in [1.807, 2.05) is 6.07 Å². The molecule has 0 amide bonds. The van der Waals surface area contributed by atoms with Crippen LogP contribution in [0.1, 0.15) is 48.9 Å². The van der Waals surface area contributed by atoms with Crippen LogP contribution in [0.15, 0.2) is 48.9 Å². The quantitative estimate of drug-likeness (QED) is 0.389. The Bertz CT molecular complexity index is 1310. The van der Waals surface area contributed by atoms with E-state index in [0.29, 0.717) is 12.1 Å². The molecule has 0 spiro atoms. The molecule has 6 rings (SSSR count). The van der Waals surface area contributed by atoms with Crippen LogP contribution < -0.4 is 11.1 Å². The van der Waals surface area contributed by atoms with E-state index >= 15 is 0 Å². The lowest BCUT2D eigenvalue weighted by Gasteiger charge is -2.29. The van der Waals surface area contributed by atoms with Crippen molar-refractivity contribution in [3.63, 3.8) is 0 Å². The van der Waals surface area contributed by atoms with Crippen molar-refractivity contribution in [2.24, 2.45) is 11.7 Å². The number of anilines is 1. The molecule has 0 saturated heterocycles. The van der Waals surface area contributed by atoms with Gasteiger partial charge in [-0.25, -0.2) is 4.98 Å². The molecule has 0 aliphatic heterocycles. The van der Waals surface area contributed by atoms with Crippen molar-refractivity contribution >= 4 is 33.4 Å². The lowest BCUT2D eigenvalue weighted by atomic mass is 9.91. The maximum Gasteiger partial charge on any atom is 0.169 e. The SMILES string of the molecule is N[C@H]1CC[C@H](Nc2c(C(=O)C3CC3)cnc3ccc(-c4ccc5[nH]cnc5c4)cc23)CC1. The number of imidazole rings is 1. The van der Waals surface area contributed by atoms with Crippen LogP contribution in [0.2, 0.25) is 0 Å². The Balaban J connectivity index is 1.46. The Hall–Kier alpha value is -3.25. The normalized spacial score (nSPS) is 21.2. The Kier molecular flexibility index (Phi) is 4.68. The zero-order chi connectivity index (χ0) is 21.7. The largest absolute Gasteiger partial charge is 0.381 e. The second-order valence-electron chi connectivity index (χ2n) is 9.31. The molecule has 2 saturated carbocycles. The van der Waals surface area contributed by atoms with Crippen molar-refractivity contribution in [3.05, 3.63) is 54.5 Å². The number of hydrogen-bond donors (Lipinski definition) is 3. The third-order valence-electron chi connectivity index (χ3n) is 6.96. The summed E-state index contributed by atoms with van der Waals surface area (Å²) in [5.41, 5.74) is 12.8. The molecule has 4 N–H and O–H groups in total. The number of nitrogens with zero attached hydrogens (tertiary/aromatic N) is 2. The maximum absolute atomic E-state index is 13.1. The minimum Gasteiger partial charge on any atom is -0.381 e. The average Bonchev–Trinajstić information content (AvgIpc) is 3.57. The molecule has 2 heterocycles. The highest BCUT2D eigenvalue weighted by Gasteiger charge is 2.33. The van der Waals surface area contributed by atoms with Gasteiger partial charge in [0, 0.05) is 29.6 Å². The van der Waals surface area contributed by atoms with Crippen molar-refractivity contribution in [3.8, 4) is 11.1 Å². The van der Waals surface area contributed by atoms with E-state index in [4.69, 9.17) is 5.73 Å². The molecule has 2 aromatic carbocycles. The molecule has 32 heavy (non-hydrogen) atoms. The smallest absolute Gasteiger partial charge is 0.169 e. The first-order chi connectivity index (χ1) is 15.7. The fraction of sp³-hybridized carbons (Fsp3) is 0.346. The first-order valence-corrected chi connectivity index (χ1v) is 11.6. The number of rotatable bonds is 5. The second-order valence-corrected chi connectivity index (χ2v) is 9.31. The van der Waals surface area contributed by atoms with Gasteiger partial charge < -0.3 is 16.0 Å². The van der Waals surface area contributed by atoms with E-state index in [9.17, 15) is 4.79 Å². The lowest BCUT2D eigenvalue weighted by molar-refractivity contribution is 0.0968. The molecule has 2 fully saturated rings. The molecule has 0 atom stereocenters. The Labute approximate surface area is 186 Å². The molecule has 4 aromatic rings. The highest BCUT2D eigenvalue weighted by Crippen LogP contribution is 2.38. The van der Waals surface area contributed by atoms with Crippen molar-refractivity contribution < 1.29 is 4.79 Å². The molecule has 0 bridgehead atoms. The Morgan fingerprint density at radius 3 is 2.53 bits per heavy atom. The first-order valence-electron chi connectivity index (χ1n) is 11.6. The molecular weight excluding hydrogens is 398 g/mol. The molecule has 2 aliphatic rings. The van der Waals surface area contributed by atoms with Gasteiger partial charge in [0.15, 0.2) is 5.78 Å². The Morgan fingerprint density at radius 2 is 1.72 bits per heavy atom. The molecule has 6 nitrogen and oxygen atoms in total. The molecule has 2 aliphatic carbocycles. The van der Waals surface area contributed by atoms with Crippen molar-refractivity contribution in [1.29, 1.82) is 0 Å². The van der Waals surface area contributed by atoms with Gasteiger partial charge in [-0.05, 0) is 73.9 Å². The van der Waals surface area contributed by atoms with Gasteiger partial charge in [0.2, 0.25) is 0 Å². The van der Waals surface area contributed by atoms with Crippen LogP contribution in [0.3, 0.4) is 0 Å². The predicted molar refractivity (Wildman–Crippen MR) is 128 cm³/mol. The van der Waals surface area contributed by atoms with Gasteiger partial charge >= 0.3 is 0 Å². The summed E-state index contributed by atoms with van der Waals surface area (Å²) in [7, 11) is 0. The van der Waals surface area contributed by atoms with Crippen LogP contribution in [0.4, 0.5) is 5.69 Å². The number of H-pyrrole nitrogens is 1. The monoisotopic (exact) mass is 425 g/mol. The number of ketones is 1. The fourth-order valence-electron chi connectivity index (χ4n) is 4.86. The summed E-state index contributed by atoms with van der Waals surface area (Å²) in [4.78, 5) is 25.3. The minimum absolute atomic E-state index is 0.153. The van der Waals surface area contributed by atoms with Crippen LogP contribution >= 0.6 is 0 Å².